The first-order chi connectivity index (χ1) is 13.3. The van der Waals surface area contributed by atoms with Crippen LogP contribution in [0.25, 0.3) is 10.2 Å². The number of hydrogen-bond acceptors (Lipinski definition) is 5. The Morgan fingerprint density at radius 2 is 1.89 bits per heavy atom. The minimum atomic E-state index is -0.353. The number of amides is 1. The Bertz CT molecular complexity index is 1120. The minimum Gasteiger partial charge on any atom is -0.465 e. The SMILES string of the molecule is CCOC(=O)Cn1c(=NC(=O)Cn2nc(C)cc2C)sc2c(C)cc(C)cc21. The maximum atomic E-state index is 12.6. The number of carbonyl (C=O) groups is 2. The smallest absolute Gasteiger partial charge is 0.326 e. The van der Waals surface area contributed by atoms with Crippen LogP contribution in [0.2, 0.25) is 0 Å². The van der Waals surface area contributed by atoms with Crippen molar-refractivity contribution >= 4 is 33.4 Å². The molecule has 0 unspecified atom stereocenters. The summed E-state index contributed by atoms with van der Waals surface area (Å²) in [5, 5.41) is 4.31. The van der Waals surface area contributed by atoms with Crippen LogP contribution in [0.4, 0.5) is 0 Å². The van der Waals surface area contributed by atoms with Gasteiger partial charge >= 0.3 is 5.97 Å². The second-order valence-electron chi connectivity index (χ2n) is 6.80. The predicted molar refractivity (Wildman–Crippen MR) is 108 cm³/mol. The molecule has 0 atom stereocenters. The second kappa shape index (κ2) is 8.10. The molecule has 3 rings (SSSR count). The van der Waals surface area contributed by atoms with E-state index in [1.165, 1.54) is 11.3 Å². The minimum absolute atomic E-state index is 0.0166. The number of esters is 1. The molecule has 7 nitrogen and oxygen atoms in total. The molecule has 0 fully saturated rings. The van der Waals surface area contributed by atoms with Gasteiger partial charge in [-0.1, -0.05) is 17.4 Å². The summed E-state index contributed by atoms with van der Waals surface area (Å²) in [6, 6.07) is 6.00. The third kappa shape index (κ3) is 4.22. The summed E-state index contributed by atoms with van der Waals surface area (Å²) < 4.78 is 9.51. The van der Waals surface area contributed by atoms with Crippen LogP contribution in [0.3, 0.4) is 0 Å². The van der Waals surface area contributed by atoms with E-state index in [0.29, 0.717) is 11.4 Å². The van der Waals surface area contributed by atoms with Crippen molar-refractivity contribution in [3.63, 3.8) is 0 Å². The molecule has 8 heteroatoms. The van der Waals surface area contributed by atoms with Gasteiger partial charge in [-0.2, -0.15) is 10.1 Å². The Kier molecular flexibility index (Phi) is 5.79. The third-order valence-electron chi connectivity index (χ3n) is 4.32. The molecule has 0 saturated carbocycles. The lowest BCUT2D eigenvalue weighted by Crippen LogP contribution is -2.24. The number of fused-ring (bicyclic) bond motifs is 1. The van der Waals surface area contributed by atoms with Crippen molar-refractivity contribution in [2.24, 2.45) is 4.99 Å². The van der Waals surface area contributed by atoms with Crippen LogP contribution >= 0.6 is 11.3 Å². The average Bonchev–Trinajstić information content (AvgIpc) is 3.08. The number of ether oxygens (including phenoxy) is 1. The molecular formula is C20H24N4O3S. The monoisotopic (exact) mass is 400 g/mol. The zero-order chi connectivity index (χ0) is 20.4. The van der Waals surface area contributed by atoms with Gasteiger partial charge in [-0.05, 0) is 57.9 Å². The van der Waals surface area contributed by atoms with Crippen LogP contribution < -0.4 is 4.80 Å². The van der Waals surface area contributed by atoms with E-state index in [0.717, 1.165) is 32.7 Å². The standard InChI is InChI=1S/C20H24N4O3S/c1-6-27-18(26)11-23-16-8-12(2)7-13(3)19(16)28-20(23)21-17(25)10-24-15(5)9-14(4)22-24/h7-9H,6,10-11H2,1-5H3. The van der Waals surface area contributed by atoms with Gasteiger partial charge in [0.25, 0.3) is 5.91 Å². The van der Waals surface area contributed by atoms with Crippen LogP contribution in [0.1, 0.15) is 29.4 Å². The number of benzene rings is 1. The van der Waals surface area contributed by atoms with Gasteiger partial charge in [0.05, 0.1) is 22.5 Å². The van der Waals surface area contributed by atoms with E-state index in [4.69, 9.17) is 4.74 Å². The molecule has 0 aliphatic rings. The van der Waals surface area contributed by atoms with Crippen molar-refractivity contribution in [1.82, 2.24) is 14.3 Å². The van der Waals surface area contributed by atoms with E-state index in [1.807, 2.05) is 39.8 Å². The maximum Gasteiger partial charge on any atom is 0.326 e. The van der Waals surface area contributed by atoms with Gasteiger partial charge in [-0.15, -0.1) is 0 Å². The summed E-state index contributed by atoms with van der Waals surface area (Å²) in [7, 11) is 0. The summed E-state index contributed by atoms with van der Waals surface area (Å²) >= 11 is 1.41. The normalized spacial score (nSPS) is 12.0. The van der Waals surface area contributed by atoms with Gasteiger partial charge in [-0.3, -0.25) is 14.3 Å². The topological polar surface area (TPSA) is 78.5 Å². The molecule has 2 heterocycles. The first kappa shape index (κ1) is 20.0. The van der Waals surface area contributed by atoms with Gasteiger partial charge in [0.1, 0.15) is 13.1 Å². The first-order valence-electron chi connectivity index (χ1n) is 9.13. The van der Waals surface area contributed by atoms with Crippen LogP contribution in [0.15, 0.2) is 23.2 Å². The van der Waals surface area contributed by atoms with E-state index >= 15 is 0 Å². The van der Waals surface area contributed by atoms with Crippen molar-refractivity contribution in [3.8, 4) is 0 Å². The number of nitrogens with zero attached hydrogens (tertiary/aromatic N) is 4. The number of thiazole rings is 1. The summed E-state index contributed by atoms with van der Waals surface area (Å²) in [6.45, 7) is 9.96. The quantitative estimate of drug-likeness (QED) is 0.617. The van der Waals surface area contributed by atoms with Crippen LogP contribution in [0.5, 0.6) is 0 Å². The molecule has 1 amide bonds. The van der Waals surface area contributed by atoms with Crippen molar-refractivity contribution in [3.05, 3.63) is 45.5 Å². The molecule has 0 aliphatic heterocycles. The molecule has 0 aliphatic carbocycles. The third-order valence-corrected chi connectivity index (χ3v) is 5.55. The second-order valence-corrected chi connectivity index (χ2v) is 7.77. The first-order valence-corrected chi connectivity index (χ1v) is 9.95. The Morgan fingerprint density at radius 3 is 2.54 bits per heavy atom. The van der Waals surface area contributed by atoms with Crippen molar-refractivity contribution in [1.29, 1.82) is 0 Å². The highest BCUT2D eigenvalue weighted by Crippen LogP contribution is 2.23. The molecule has 0 N–H and O–H groups in total. The van der Waals surface area contributed by atoms with Crippen LogP contribution in [-0.2, 0) is 27.4 Å². The van der Waals surface area contributed by atoms with Crippen LogP contribution in [-0.4, -0.2) is 32.8 Å². The summed E-state index contributed by atoms with van der Waals surface area (Å²) in [5.74, 6) is -0.668. The lowest BCUT2D eigenvalue weighted by molar-refractivity contribution is -0.143. The van der Waals surface area contributed by atoms with E-state index in [9.17, 15) is 9.59 Å². The fraction of sp³-hybridized carbons (Fsp3) is 0.400. The maximum absolute atomic E-state index is 12.6. The van der Waals surface area contributed by atoms with Crippen molar-refractivity contribution in [2.45, 2.75) is 47.7 Å². The van der Waals surface area contributed by atoms with E-state index in [-0.39, 0.29) is 25.0 Å². The van der Waals surface area contributed by atoms with Gasteiger partial charge in [-0.25, -0.2) is 0 Å². The zero-order valence-corrected chi connectivity index (χ0v) is 17.6. The van der Waals surface area contributed by atoms with Crippen LogP contribution in [0, 0.1) is 27.7 Å². The number of aromatic nitrogens is 3. The molecule has 0 saturated heterocycles. The summed E-state index contributed by atoms with van der Waals surface area (Å²) in [5.41, 5.74) is 4.82. The van der Waals surface area contributed by atoms with Crippen molar-refractivity contribution in [2.75, 3.05) is 6.61 Å². The number of aryl methyl sites for hydroxylation is 4. The fourth-order valence-electron chi connectivity index (χ4n) is 3.19. The van der Waals surface area contributed by atoms with E-state index < -0.39 is 0 Å². The highest BCUT2D eigenvalue weighted by atomic mass is 32.1. The number of carbonyl (C=O) groups excluding carboxylic acids is 2. The van der Waals surface area contributed by atoms with E-state index in [1.54, 1.807) is 16.2 Å². The molecule has 2 aromatic heterocycles. The highest BCUT2D eigenvalue weighted by molar-refractivity contribution is 7.16. The van der Waals surface area contributed by atoms with Gasteiger partial charge < -0.3 is 9.30 Å². The largest absolute Gasteiger partial charge is 0.465 e. The highest BCUT2D eigenvalue weighted by Gasteiger charge is 2.14. The molecule has 148 valence electrons. The van der Waals surface area contributed by atoms with Crippen molar-refractivity contribution < 1.29 is 14.3 Å². The molecule has 28 heavy (non-hydrogen) atoms. The van der Waals surface area contributed by atoms with Gasteiger partial charge in [0.15, 0.2) is 4.80 Å². The fourth-order valence-corrected chi connectivity index (χ4v) is 4.29. The lowest BCUT2D eigenvalue weighted by Gasteiger charge is -2.06. The molecule has 3 aromatic rings. The summed E-state index contributed by atoms with van der Waals surface area (Å²) in [4.78, 5) is 29.5. The molecule has 0 spiro atoms. The van der Waals surface area contributed by atoms with Gasteiger partial charge in [0.2, 0.25) is 0 Å². The predicted octanol–water partition coefficient (Wildman–Crippen LogP) is 2.82. The Labute approximate surface area is 167 Å². The van der Waals surface area contributed by atoms with E-state index in [2.05, 4.69) is 16.2 Å². The molecule has 0 radical (unpaired) electrons. The Morgan fingerprint density at radius 1 is 1.14 bits per heavy atom. The number of rotatable bonds is 5. The Balaban J connectivity index is 2.06. The molecule has 0 bridgehead atoms. The Hall–Kier alpha value is -2.74. The average molecular weight is 401 g/mol. The summed E-state index contributed by atoms with van der Waals surface area (Å²) in [6.07, 6.45) is 0. The molecular weight excluding hydrogens is 376 g/mol. The molecule has 1 aromatic carbocycles. The lowest BCUT2D eigenvalue weighted by atomic mass is 10.1. The number of hydrogen-bond donors (Lipinski definition) is 0. The van der Waals surface area contributed by atoms with Gasteiger partial charge in [0, 0.05) is 5.69 Å². The zero-order valence-electron chi connectivity index (χ0n) is 16.8.